The molecule has 1 unspecified atom stereocenters. The minimum atomic E-state index is -1.10. The molecule has 3 aliphatic rings. The van der Waals surface area contributed by atoms with Crippen molar-refractivity contribution in [1.82, 2.24) is 10.2 Å². The lowest BCUT2D eigenvalue weighted by Gasteiger charge is -2.43. The van der Waals surface area contributed by atoms with Gasteiger partial charge in [-0.3, -0.25) is 4.79 Å². The molecular weight excluding hydrogens is 364 g/mol. The SMILES string of the molecule is O=C(CNC[C@]1(O)CCCC[C@H]1O)N1CCc2ccccc2C1C1CCCCC1. The fraction of sp³-hybridized carbons (Fsp3) is 0.708. The smallest absolute Gasteiger partial charge is 0.237 e. The van der Waals surface area contributed by atoms with Gasteiger partial charge in [0.15, 0.2) is 0 Å². The van der Waals surface area contributed by atoms with Crippen molar-refractivity contribution in [2.45, 2.75) is 82.0 Å². The molecule has 1 aromatic rings. The Balaban J connectivity index is 1.43. The highest BCUT2D eigenvalue weighted by Gasteiger charge is 2.39. The Bertz CT molecular complexity index is 703. The molecule has 160 valence electrons. The third-order valence-corrected chi connectivity index (χ3v) is 7.41. The van der Waals surface area contributed by atoms with Crippen molar-refractivity contribution in [1.29, 1.82) is 0 Å². The average molecular weight is 401 g/mol. The first-order valence-electron chi connectivity index (χ1n) is 11.6. The summed E-state index contributed by atoms with van der Waals surface area (Å²) in [7, 11) is 0. The van der Waals surface area contributed by atoms with E-state index in [1.54, 1.807) is 0 Å². The second kappa shape index (κ2) is 9.15. The summed E-state index contributed by atoms with van der Waals surface area (Å²) in [5, 5.41) is 24.1. The van der Waals surface area contributed by atoms with Gasteiger partial charge in [-0.1, -0.05) is 56.4 Å². The minimum Gasteiger partial charge on any atom is -0.390 e. The van der Waals surface area contributed by atoms with Crippen LogP contribution in [0.25, 0.3) is 0 Å². The number of hydrogen-bond acceptors (Lipinski definition) is 4. The summed E-state index contributed by atoms with van der Waals surface area (Å²) in [5.41, 5.74) is 1.62. The molecule has 0 bridgehead atoms. The quantitative estimate of drug-likeness (QED) is 0.711. The first-order chi connectivity index (χ1) is 14.1. The van der Waals surface area contributed by atoms with Crippen molar-refractivity contribution < 1.29 is 15.0 Å². The summed E-state index contributed by atoms with van der Waals surface area (Å²) in [6.45, 7) is 1.27. The summed E-state index contributed by atoms with van der Waals surface area (Å²) >= 11 is 0. The highest BCUT2D eigenvalue weighted by molar-refractivity contribution is 5.79. The highest BCUT2D eigenvalue weighted by Crippen LogP contribution is 2.42. The molecule has 2 fully saturated rings. The maximum Gasteiger partial charge on any atom is 0.237 e. The van der Waals surface area contributed by atoms with E-state index in [1.807, 2.05) is 0 Å². The minimum absolute atomic E-state index is 0.115. The van der Waals surface area contributed by atoms with E-state index >= 15 is 0 Å². The van der Waals surface area contributed by atoms with Crippen LogP contribution in [0.1, 0.15) is 75.0 Å². The molecule has 5 heteroatoms. The van der Waals surface area contributed by atoms with Crippen molar-refractivity contribution >= 4 is 5.91 Å². The number of nitrogens with one attached hydrogen (secondary N) is 1. The van der Waals surface area contributed by atoms with Gasteiger partial charge in [-0.25, -0.2) is 0 Å². The summed E-state index contributed by atoms with van der Waals surface area (Å²) in [5.74, 6) is 0.655. The van der Waals surface area contributed by atoms with Crippen molar-refractivity contribution in [2.24, 2.45) is 5.92 Å². The number of carbonyl (C=O) groups is 1. The van der Waals surface area contributed by atoms with E-state index in [9.17, 15) is 15.0 Å². The molecule has 0 aromatic heterocycles. The molecule has 1 aromatic carbocycles. The molecule has 29 heavy (non-hydrogen) atoms. The molecule has 5 nitrogen and oxygen atoms in total. The standard InChI is InChI=1S/C24H36N2O3/c27-21-12-6-7-14-24(21,29)17-25-16-22(28)26-15-13-18-8-4-5-11-20(18)23(26)19-9-2-1-3-10-19/h4-5,8,11,19,21,23,25,27,29H,1-3,6-7,9-10,12-17H2/t21-,23?,24-/m1/s1. The lowest BCUT2D eigenvalue weighted by atomic mass is 9.77. The van der Waals surface area contributed by atoms with Crippen molar-refractivity contribution in [3.8, 4) is 0 Å². The van der Waals surface area contributed by atoms with Gasteiger partial charge < -0.3 is 20.4 Å². The number of nitrogens with zero attached hydrogens (tertiary/aromatic N) is 1. The zero-order chi connectivity index (χ0) is 20.3. The largest absolute Gasteiger partial charge is 0.390 e. The van der Waals surface area contributed by atoms with Crippen molar-refractivity contribution in [3.05, 3.63) is 35.4 Å². The van der Waals surface area contributed by atoms with Crippen LogP contribution in [-0.4, -0.2) is 52.4 Å². The third kappa shape index (κ3) is 4.52. The van der Waals surface area contributed by atoms with Gasteiger partial charge in [-0.05, 0) is 49.1 Å². The van der Waals surface area contributed by atoms with Crippen LogP contribution in [0.3, 0.4) is 0 Å². The molecular formula is C24H36N2O3. The van der Waals surface area contributed by atoms with Crippen LogP contribution in [-0.2, 0) is 11.2 Å². The van der Waals surface area contributed by atoms with Crippen LogP contribution in [0.15, 0.2) is 24.3 Å². The fourth-order valence-corrected chi connectivity index (χ4v) is 5.73. The van der Waals surface area contributed by atoms with Gasteiger partial charge in [-0.2, -0.15) is 0 Å². The molecule has 3 N–H and O–H groups in total. The van der Waals surface area contributed by atoms with Gasteiger partial charge in [0.1, 0.15) is 5.60 Å². The molecule has 3 atom stereocenters. The van der Waals surface area contributed by atoms with Gasteiger partial charge in [0.25, 0.3) is 0 Å². The average Bonchev–Trinajstić information content (AvgIpc) is 2.75. The van der Waals surface area contributed by atoms with Crippen LogP contribution in [0, 0.1) is 5.92 Å². The van der Waals surface area contributed by atoms with Crippen LogP contribution >= 0.6 is 0 Å². The van der Waals surface area contributed by atoms with Crippen molar-refractivity contribution in [3.63, 3.8) is 0 Å². The van der Waals surface area contributed by atoms with Crippen LogP contribution in [0.2, 0.25) is 0 Å². The van der Waals surface area contributed by atoms with Crippen LogP contribution in [0.5, 0.6) is 0 Å². The Kier molecular flexibility index (Phi) is 6.57. The van der Waals surface area contributed by atoms with E-state index in [-0.39, 0.29) is 25.0 Å². The third-order valence-electron chi connectivity index (χ3n) is 7.41. The molecule has 1 aliphatic heterocycles. The number of rotatable bonds is 5. The second-order valence-corrected chi connectivity index (χ2v) is 9.35. The van der Waals surface area contributed by atoms with Gasteiger partial charge >= 0.3 is 0 Å². The lowest BCUT2D eigenvalue weighted by molar-refractivity contribution is -0.135. The predicted molar refractivity (Wildman–Crippen MR) is 113 cm³/mol. The molecule has 0 saturated heterocycles. The maximum atomic E-state index is 13.2. The van der Waals surface area contributed by atoms with Crippen molar-refractivity contribution in [2.75, 3.05) is 19.6 Å². The van der Waals surface area contributed by atoms with E-state index in [2.05, 4.69) is 34.5 Å². The lowest BCUT2D eigenvalue weighted by Crippen LogP contribution is -2.54. The number of amides is 1. The van der Waals surface area contributed by atoms with Gasteiger partial charge in [0, 0.05) is 13.1 Å². The summed E-state index contributed by atoms with van der Waals surface area (Å²) in [6, 6.07) is 8.80. The van der Waals surface area contributed by atoms with E-state index in [4.69, 9.17) is 0 Å². The Morgan fingerprint density at radius 1 is 1.10 bits per heavy atom. The Morgan fingerprint density at radius 3 is 2.66 bits per heavy atom. The summed E-state index contributed by atoms with van der Waals surface area (Å²) in [6.07, 6.45) is 9.54. The fourth-order valence-electron chi connectivity index (χ4n) is 5.73. The van der Waals surface area contributed by atoms with E-state index in [1.165, 1.54) is 43.2 Å². The molecule has 0 radical (unpaired) electrons. The summed E-state index contributed by atoms with van der Waals surface area (Å²) < 4.78 is 0. The topological polar surface area (TPSA) is 72.8 Å². The van der Waals surface area contributed by atoms with Gasteiger partial charge in [0.05, 0.1) is 18.7 Å². The maximum absolute atomic E-state index is 13.2. The van der Waals surface area contributed by atoms with E-state index < -0.39 is 11.7 Å². The predicted octanol–water partition coefficient (Wildman–Crippen LogP) is 2.95. The number of fused-ring (bicyclic) bond motifs is 1. The molecule has 2 aliphatic carbocycles. The number of hydrogen-bond donors (Lipinski definition) is 3. The zero-order valence-corrected chi connectivity index (χ0v) is 17.5. The first kappa shape index (κ1) is 20.8. The molecule has 0 spiro atoms. The van der Waals surface area contributed by atoms with E-state index in [0.717, 1.165) is 25.8 Å². The van der Waals surface area contributed by atoms with Gasteiger partial charge in [0.2, 0.25) is 5.91 Å². The summed E-state index contributed by atoms with van der Waals surface area (Å²) in [4.78, 5) is 15.3. The first-order valence-corrected chi connectivity index (χ1v) is 11.6. The van der Waals surface area contributed by atoms with Gasteiger partial charge in [-0.15, -0.1) is 0 Å². The monoisotopic (exact) mass is 400 g/mol. The highest BCUT2D eigenvalue weighted by atomic mass is 16.3. The molecule has 1 amide bonds. The number of carbonyl (C=O) groups excluding carboxylic acids is 1. The second-order valence-electron chi connectivity index (χ2n) is 9.35. The Labute approximate surface area is 174 Å². The van der Waals surface area contributed by atoms with Crippen LogP contribution < -0.4 is 5.32 Å². The normalized spacial score (nSPS) is 30.8. The number of benzene rings is 1. The van der Waals surface area contributed by atoms with Crippen LogP contribution in [0.4, 0.5) is 0 Å². The number of aliphatic hydroxyl groups is 2. The number of aliphatic hydroxyl groups excluding tert-OH is 1. The zero-order valence-electron chi connectivity index (χ0n) is 17.5. The Hall–Kier alpha value is -1.43. The Morgan fingerprint density at radius 2 is 1.86 bits per heavy atom. The molecule has 4 rings (SSSR count). The molecule has 2 saturated carbocycles. The molecule has 1 heterocycles. The van der Waals surface area contributed by atoms with E-state index in [0.29, 0.717) is 18.8 Å².